The molecule has 0 aromatic heterocycles. The number of aromatic hydroxyl groups is 1. The van der Waals surface area contributed by atoms with Gasteiger partial charge < -0.3 is 14.6 Å². The summed E-state index contributed by atoms with van der Waals surface area (Å²) in [5.41, 5.74) is 1.68. The highest BCUT2D eigenvalue weighted by atomic mass is 16.5. The minimum Gasteiger partial charge on any atom is -0.508 e. The van der Waals surface area contributed by atoms with Crippen LogP contribution in [0.5, 0.6) is 17.2 Å². The Kier molecular flexibility index (Phi) is 3.43. The molecule has 3 rings (SSSR count). The quantitative estimate of drug-likeness (QED) is 0.891. The average molecular weight is 294 g/mol. The van der Waals surface area contributed by atoms with Crippen LogP contribution in [0.3, 0.4) is 0 Å². The molecular formula is C17H14N2O3. The fourth-order valence-electron chi connectivity index (χ4n) is 2.70. The number of benzene rings is 2. The van der Waals surface area contributed by atoms with Crippen molar-refractivity contribution < 1.29 is 14.6 Å². The zero-order valence-electron chi connectivity index (χ0n) is 11.9. The molecule has 0 saturated heterocycles. The van der Waals surface area contributed by atoms with E-state index in [1.54, 1.807) is 19.2 Å². The lowest BCUT2D eigenvalue weighted by molar-refractivity contribution is 0.414. The van der Waals surface area contributed by atoms with E-state index >= 15 is 0 Å². The van der Waals surface area contributed by atoms with Crippen LogP contribution in [0.15, 0.2) is 42.5 Å². The summed E-state index contributed by atoms with van der Waals surface area (Å²) in [6.45, 7) is 0. The van der Waals surface area contributed by atoms with Crippen molar-refractivity contribution in [2.45, 2.75) is 5.92 Å². The van der Waals surface area contributed by atoms with Gasteiger partial charge in [0.05, 0.1) is 13.2 Å². The van der Waals surface area contributed by atoms with Gasteiger partial charge in [-0.05, 0) is 23.8 Å². The van der Waals surface area contributed by atoms with E-state index in [1.165, 1.54) is 6.07 Å². The summed E-state index contributed by atoms with van der Waals surface area (Å²) in [6, 6.07) is 14.3. The lowest BCUT2D eigenvalue weighted by atomic mass is 9.79. The standard InChI is InChI=1S/C17H14N2O3/c1-21-12-5-2-10(3-6-12)16-13-7-4-11(20)8-15(13)22-17(19)14(16)9-18/h2-8,14,16,19-20H,1H3. The number of nitriles is 1. The van der Waals surface area contributed by atoms with Crippen molar-refractivity contribution in [2.75, 3.05) is 7.11 Å². The van der Waals surface area contributed by atoms with Crippen LogP contribution in [0.1, 0.15) is 17.0 Å². The molecule has 2 unspecified atom stereocenters. The molecule has 5 nitrogen and oxygen atoms in total. The molecule has 0 bridgehead atoms. The van der Waals surface area contributed by atoms with Crippen LogP contribution in [0.4, 0.5) is 0 Å². The van der Waals surface area contributed by atoms with Crippen molar-refractivity contribution in [1.82, 2.24) is 0 Å². The minimum atomic E-state index is -0.703. The molecular weight excluding hydrogens is 280 g/mol. The van der Waals surface area contributed by atoms with Crippen LogP contribution < -0.4 is 9.47 Å². The molecule has 2 N–H and O–H groups in total. The third-order valence-corrected chi connectivity index (χ3v) is 3.78. The molecule has 22 heavy (non-hydrogen) atoms. The Balaban J connectivity index is 2.13. The summed E-state index contributed by atoms with van der Waals surface area (Å²) in [7, 11) is 1.59. The van der Waals surface area contributed by atoms with E-state index in [4.69, 9.17) is 14.9 Å². The van der Waals surface area contributed by atoms with Crippen LogP contribution in [0.25, 0.3) is 0 Å². The van der Waals surface area contributed by atoms with Gasteiger partial charge in [-0.2, -0.15) is 5.26 Å². The molecule has 0 aliphatic carbocycles. The van der Waals surface area contributed by atoms with Gasteiger partial charge in [0.25, 0.3) is 0 Å². The number of phenols is 1. The number of nitrogens with zero attached hydrogens (tertiary/aromatic N) is 1. The average Bonchev–Trinajstić information content (AvgIpc) is 2.53. The molecule has 1 aliphatic heterocycles. The minimum absolute atomic E-state index is 0.0652. The summed E-state index contributed by atoms with van der Waals surface area (Å²) in [5, 5.41) is 27.0. The molecule has 0 saturated carbocycles. The Labute approximate surface area is 127 Å². The van der Waals surface area contributed by atoms with Crippen LogP contribution in [-0.2, 0) is 0 Å². The van der Waals surface area contributed by atoms with Gasteiger partial charge in [0.15, 0.2) is 0 Å². The maximum atomic E-state index is 9.59. The zero-order valence-corrected chi connectivity index (χ0v) is 11.9. The van der Waals surface area contributed by atoms with Gasteiger partial charge in [0.2, 0.25) is 5.90 Å². The molecule has 5 heteroatoms. The van der Waals surface area contributed by atoms with Crippen molar-refractivity contribution >= 4 is 5.90 Å². The predicted octanol–water partition coefficient (Wildman–Crippen LogP) is 3.04. The van der Waals surface area contributed by atoms with Gasteiger partial charge >= 0.3 is 0 Å². The first-order valence-electron chi connectivity index (χ1n) is 6.77. The predicted molar refractivity (Wildman–Crippen MR) is 80.4 cm³/mol. The van der Waals surface area contributed by atoms with E-state index in [0.717, 1.165) is 16.9 Å². The second-order valence-corrected chi connectivity index (χ2v) is 5.05. The van der Waals surface area contributed by atoms with Crippen molar-refractivity contribution in [2.24, 2.45) is 5.92 Å². The molecule has 2 aromatic carbocycles. The SMILES string of the molecule is COc1ccc(C2c3ccc(O)cc3OC(=N)C2C#N)cc1. The topological polar surface area (TPSA) is 86.3 Å². The zero-order chi connectivity index (χ0) is 15.7. The largest absolute Gasteiger partial charge is 0.508 e. The summed E-state index contributed by atoms with van der Waals surface area (Å²) in [5.74, 6) is 0.0812. The molecule has 110 valence electrons. The van der Waals surface area contributed by atoms with E-state index < -0.39 is 5.92 Å². The van der Waals surface area contributed by atoms with Crippen molar-refractivity contribution in [1.29, 1.82) is 10.7 Å². The molecule has 1 heterocycles. The van der Waals surface area contributed by atoms with Crippen LogP contribution in [0, 0.1) is 22.7 Å². The number of hydrogen-bond donors (Lipinski definition) is 2. The van der Waals surface area contributed by atoms with Crippen LogP contribution in [0.2, 0.25) is 0 Å². The first-order chi connectivity index (χ1) is 10.6. The highest BCUT2D eigenvalue weighted by Gasteiger charge is 2.36. The molecule has 1 aliphatic rings. The fourth-order valence-corrected chi connectivity index (χ4v) is 2.70. The Morgan fingerprint density at radius 3 is 2.59 bits per heavy atom. The third kappa shape index (κ3) is 2.25. The molecule has 0 amide bonds. The van der Waals surface area contributed by atoms with Crippen molar-refractivity contribution in [3.63, 3.8) is 0 Å². The lowest BCUT2D eigenvalue weighted by Crippen LogP contribution is -2.30. The first kappa shape index (κ1) is 14.0. The highest BCUT2D eigenvalue weighted by Crippen LogP contribution is 2.43. The van der Waals surface area contributed by atoms with Gasteiger partial charge in [-0.15, -0.1) is 0 Å². The summed E-state index contributed by atoms with van der Waals surface area (Å²) in [6.07, 6.45) is 0. The van der Waals surface area contributed by atoms with Crippen molar-refractivity contribution in [3.8, 4) is 23.3 Å². The van der Waals surface area contributed by atoms with E-state index in [1.807, 2.05) is 24.3 Å². The second-order valence-electron chi connectivity index (χ2n) is 5.05. The number of methoxy groups -OCH3 is 1. The number of rotatable bonds is 2. The maximum Gasteiger partial charge on any atom is 0.205 e. The summed E-state index contributed by atoms with van der Waals surface area (Å²) < 4.78 is 10.5. The fraction of sp³-hybridized carbons (Fsp3) is 0.176. The molecule has 2 aromatic rings. The van der Waals surface area contributed by atoms with E-state index in [-0.39, 0.29) is 17.6 Å². The smallest absolute Gasteiger partial charge is 0.205 e. The number of nitrogens with one attached hydrogen (secondary N) is 1. The number of phenolic OH excluding ortho intramolecular Hbond substituents is 1. The van der Waals surface area contributed by atoms with Crippen LogP contribution >= 0.6 is 0 Å². The lowest BCUT2D eigenvalue weighted by Gasteiger charge is -2.30. The van der Waals surface area contributed by atoms with Gasteiger partial charge in [0.1, 0.15) is 23.2 Å². The monoisotopic (exact) mass is 294 g/mol. The molecule has 0 radical (unpaired) electrons. The van der Waals surface area contributed by atoms with Crippen molar-refractivity contribution in [3.05, 3.63) is 53.6 Å². The molecule has 0 fully saturated rings. The van der Waals surface area contributed by atoms with Gasteiger partial charge in [-0.25, -0.2) is 0 Å². The Morgan fingerprint density at radius 2 is 1.95 bits per heavy atom. The number of fused-ring (bicyclic) bond motifs is 1. The normalized spacial score (nSPS) is 19.7. The van der Waals surface area contributed by atoms with Gasteiger partial charge in [-0.3, -0.25) is 5.41 Å². The van der Waals surface area contributed by atoms with E-state index in [2.05, 4.69) is 6.07 Å². The summed E-state index contributed by atoms with van der Waals surface area (Å²) in [4.78, 5) is 0. The number of ether oxygens (including phenoxy) is 2. The third-order valence-electron chi connectivity index (χ3n) is 3.78. The van der Waals surface area contributed by atoms with Gasteiger partial charge in [-0.1, -0.05) is 18.2 Å². The van der Waals surface area contributed by atoms with E-state index in [0.29, 0.717) is 5.75 Å². The number of hydrogen-bond acceptors (Lipinski definition) is 5. The Morgan fingerprint density at radius 1 is 1.23 bits per heavy atom. The van der Waals surface area contributed by atoms with Gasteiger partial charge in [0, 0.05) is 17.5 Å². The maximum absolute atomic E-state index is 9.59. The highest BCUT2D eigenvalue weighted by molar-refractivity contribution is 5.85. The summed E-state index contributed by atoms with van der Waals surface area (Å²) >= 11 is 0. The van der Waals surface area contributed by atoms with E-state index in [9.17, 15) is 10.4 Å². The first-order valence-corrected chi connectivity index (χ1v) is 6.77. The second kappa shape index (κ2) is 5.41. The Hall–Kier alpha value is -3.00. The molecule has 2 atom stereocenters. The van der Waals surface area contributed by atoms with Crippen LogP contribution in [-0.4, -0.2) is 18.1 Å². The molecule has 0 spiro atoms. The Bertz CT molecular complexity index is 762.